The molecule has 0 spiro atoms. The maximum Gasteiger partial charge on any atom is 0.282 e. The highest BCUT2D eigenvalue weighted by atomic mass is 16.2. The van der Waals surface area contributed by atoms with Gasteiger partial charge in [-0.25, -0.2) is 4.90 Å². The maximum absolute atomic E-state index is 13.8. The normalized spacial score (nSPS) is 19.7. The molecule has 3 aliphatic heterocycles. The fourth-order valence-electron chi connectivity index (χ4n) is 5.28. The second-order valence-electron chi connectivity index (χ2n) is 9.60. The summed E-state index contributed by atoms with van der Waals surface area (Å²) in [6.07, 6.45) is 2.42. The molecule has 0 aliphatic carbocycles. The van der Waals surface area contributed by atoms with Crippen molar-refractivity contribution in [3.63, 3.8) is 0 Å². The molecule has 3 heterocycles. The quantitative estimate of drug-likeness (QED) is 0.638. The van der Waals surface area contributed by atoms with Crippen LogP contribution in [0, 0.1) is 13.8 Å². The third-order valence-electron chi connectivity index (χ3n) is 7.57. The lowest BCUT2D eigenvalue weighted by Gasteiger charge is -2.36. The molecule has 0 saturated carbocycles. The van der Waals surface area contributed by atoms with E-state index in [1.807, 2.05) is 42.5 Å². The largest absolute Gasteiger partial charge is 0.372 e. The molecule has 0 unspecified atom stereocenters. The predicted octanol–water partition coefficient (Wildman–Crippen LogP) is 3.83. The summed E-state index contributed by atoms with van der Waals surface area (Å²) in [5.41, 5.74) is 5.99. The molecule has 5 rings (SSSR count). The number of nitrogens with zero attached hydrogens (tertiary/aromatic N) is 4. The highest BCUT2D eigenvalue weighted by molar-refractivity contribution is 6.45. The average molecular weight is 459 g/mol. The van der Waals surface area contributed by atoms with Crippen LogP contribution >= 0.6 is 0 Å². The Morgan fingerprint density at radius 1 is 0.706 bits per heavy atom. The summed E-state index contributed by atoms with van der Waals surface area (Å²) < 4.78 is 0. The van der Waals surface area contributed by atoms with Gasteiger partial charge in [-0.05, 0) is 74.2 Å². The average Bonchev–Trinajstić information content (AvgIpc) is 3.48. The predicted molar refractivity (Wildman–Crippen MR) is 137 cm³/mol. The molecule has 0 radical (unpaired) electrons. The van der Waals surface area contributed by atoms with Crippen molar-refractivity contribution in [3.8, 4) is 0 Å². The number of carbonyl (C=O) groups excluding carboxylic acids is 2. The van der Waals surface area contributed by atoms with Crippen molar-refractivity contribution >= 4 is 28.8 Å². The number of rotatable bonds is 5. The van der Waals surface area contributed by atoms with Crippen LogP contribution in [0.15, 0.2) is 48.2 Å². The van der Waals surface area contributed by atoms with E-state index >= 15 is 0 Å². The van der Waals surface area contributed by atoms with Crippen molar-refractivity contribution in [2.75, 3.05) is 55.6 Å². The smallest absolute Gasteiger partial charge is 0.282 e. The number of hydrogen-bond acceptors (Lipinski definition) is 5. The van der Waals surface area contributed by atoms with E-state index in [9.17, 15) is 9.59 Å². The Hall–Kier alpha value is -3.12. The van der Waals surface area contributed by atoms with Crippen molar-refractivity contribution in [1.29, 1.82) is 0 Å². The molecule has 34 heavy (non-hydrogen) atoms. The van der Waals surface area contributed by atoms with Gasteiger partial charge in [0.05, 0.1) is 11.3 Å². The minimum absolute atomic E-state index is 0.211. The Kier molecular flexibility index (Phi) is 6.17. The third-order valence-corrected chi connectivity index (χ3v) is 7.57. The number of likely N-dealkylation sites (N-methyl/N-ethyl adjacent to an activating group) is 1. The first-order chi connectivity index (χ1) is 16.5. The van der Waals surface area contributed by atoms with E-state index < -0.39 is 0 Å². The molecule has 2 aromatic rings. The van der Waals surface area contributed by atoms with Crippen LogP contribution < -0.4 is 9.80 Å². The second kappa shape index (κ2) is 9.26. The highest BCUT2D eigenvalue weighted by Gasteiger charge is 2.43. The summed E-state index contributed by atoms with van der Waals surface area (Å²) >= 11 is 0. The van der Waals surface area contributed by atoms with E-state index in [0.29, 0.717) is 17.0 Å². The number of carbonyl (C=O) groups is 2. The minimum Gasteiger partial charge on any atom is -0.372 e. The van der Waals surface area contributed by atoms with Gasteiger partial charge in [0.2, 0.25) is 0 Å². The third kappa shape index (κ3) is 4.00. The Morgan fingerprint density at radius 2 is 1.35 bits per heavy atom. The van der Waals surface area contributed by atoms with E-state index in [1.165, 1.54) is 23.3 Å². The number of aryl methyl sites for hydroxylation is 2. The van der Waals surface area contributed by atoms with Gasteiger partial charge in [0.15, 0.2) is 0 Å². The van der Waals surface area contributed by atoms with Crippen molar-refractivity contribution < 1.29 is 9.59 Å². The number of amides is 2. The van der Waals surface area contributed by atoms with Crippen LogP contribution in [0.5, 0.6) is 0 Å². The summed E-state index contributed by atoms with van der Waals surface area (Å²) in [5.74, 6) is -0.438. The van der Waals surface area contributed by atoms with E-state index in [2.05, 4.69) is 35.5 Å². The second-order valence-corrected chi connectivity index (χ2v) is 9.60. The first-order valence-electron chi connectivity index (χ1n) is 12.5. The number of anilines is 2. The molecule has 2 amide bonds. The molecule has 6 nitrogen and oxygen atoms in total. The van der Waals surface area contributed by atoms with Gasteiger partial charge in [0, 0.05) is 45.0 Å². The van der Waals surface area contributed by atoms with Crippen LogP contribution in [0.3, 0.4) is 0 Å². The molecule has 6 heteroatoms. The number of benzene rings is 2. The monoisotopic (exact) mass is 458 g/mol. The van der Waals surface area contributed by atoms with Gasteiger partial charge in [-0.1, -0.05) is 25.1 Å². The molecular formula is C28H34N4O2. The Morgan fingerprint density at radius 3 is 1.97 bits per heavy atom. The summed E-state index contributed by atoms with van der Waals surface area (Å²) in [6, 6.07) is 14.0. The van der Waals surface area contributed by atoms with E-state index in [4.69, 9.17) is 0 Å². The number of imide groups is 1. The van der Waals surface area contributed by atoms with Gasteiger partial charge in [0.25, 0.3) is 11.8 Å². The topological polar surface area (TPSA) is 47.1 Å². The van der Waals surface area contributed by atoms with Crippen molar-refractivity contribution in [3.05, 3.63) is 64.9 Å². The lowest BCUT2D eigenvalue weighted by Crippen LogP contribution is -2.47. The lowest BCUT2D eigenvalue weighted by molar-refractivity contribution is -0.120. The zero-order valence-corrected chi connectivity index (χ0v) is 20.5. The van der Waals surface area contributed by atoms with Crippen LogP contribution in [0.2, 0.25) is 0 Å². The molecule has 0 aromatic heterocycles. The molecular weight excluding hydrogens is 424 g/mol. The maximum atomic E-state index is 13.8. The summed E-state index contributed by atoms with van der Waals surface area (Å²) in [7, 11) is 0. The van der Waals surface area contributed by atoms with Gasteiger partial charge >= 0.3 is 0 Å². The molecule has 0 N–H and O–H groups in total. The molecule has 2 saturated heterocycles. The standard InChI is InChI=1S/C28H34N4O2/c1-4-29-15-17-31(18-16-29)26-25(22-8-7-20(2)21(3)19-22)27(33)32(28(26)34)24-11-9-23(10-12-24)30-13-5-6-14-30/h7-12,19H,4-6,13-18H2,1-3H3. The highest BCUT2D eigenvalue weighted by Crippen LogP contribution is 2.36. The summed E-state index contributed by atoms with van der Waals surface area (Å²) in [4.78, 5) is 35.9. The van der Waals surface area contributed by atoms with E-state index in [1.54, 1.807) is 0 Å². The van der Waals surface area contributed by atoms with Gasteiger partial charge in [0.1, 0.15) is 5.70 Å². The molecule has 3 aliphatic rings. The zero-order valence-electron chi connectivity index (χ0n) is 20.5. The van der Waals surface area contributed by atoms with Crippen molar-refractivity contribution in [2.45, 2.75) is 33.6 Å². The Labute approximate surface area is 202 Å². The van der Waals surface area contributed by atoms with Gasteiger partial charge in [-0.3, -0.25) is 9.59 Å². The molecule has 2 fully saturated rings. The molecule has 0 atom stereocenters. The molecule has 0 bridgehead atoms. The van der Waals surface area contributed by atoms with Gasteiger partial charge in [-0.2, -0.15) is 0 Å². The van der Waals surface area contributed by atoms with E-state index in [0.717, 1.165) is 62.6 Å². The van der Waals surface area contributed by atoms with Crippen LogP contribution in [0.4, 0.5) is 11.4 Å². The summed E-state index contributed by atoms with van der Waals surface area (Å²) in [5, 5.41) is 0. The Balaban J connectivity index is 1.51. The Bertz CT molecular complexity index is 1120. The van der Waals surface area contributed by atoms with Crippen LogP contribution in [-0.2, 0) is 9.59 Å². The number of hydrogen-bond donors (Lipinski definition) is 0. The summed E-state index contributed by atoms with van der Waals surface area (Å²) in [6.45, 7) is 12.7. The van der Waals surface area contributed by atoms with Crippen LogP contribution in [0.25, 0.3) is 5.57 Å². The van der Waals surface area contributed by atoms with Gasteiger partial charge in [-0.15, -0.1) is 0 Å². The van der Waals surface area contributed by atoms with Crippen molar-refractivity contribution in [1.82, 2.24) is 9.80 Å². The first-order valence-corrected chi connectivity index (χ1v) is 12.5. The van der Waals surface area contributed by atoms with Gasteiger partial charge < -0.3 is 14.7 Å². The fourth-order valence-corrected chi connectivity index (χ4v) is 5.28. The minimum atomic E-state index is -0.227. The molecule has 2 aromatic carbocycles. The molecule has 178 valence electrons. The van der Waals surface area contributed by atoms with Crippen molar-refractivity contribution in [2.24, 2.45) is 0 Å². The van der Waals surface area contributed by atoms with E-state index in [-0.39, 0.29) is 11.8 Å². The lowest BCUT2D eigenvalue weighted by atomic mass is 9.99. The first kappa shape index (κ1) is 22.7. The zero-order chi connectivity index (χ0) is 23.8. The number of piperazine rings is 1. The van der Waals surface area contributed by atoms with Crippen LogP contribution in [-0.4, -0.2) is 67.4 Å². The fraction of sp³-hybridized carbons (Fsp3) is 0.429. The SMILES string of the molecule is CCN1CCN(C2=C(c3ccc(C)c(C)c3)C(=O)N(c3ccc(N4CCCC4)cc3)C2=O)CC1. The van der Waals surface area contributed by atoms with Crippen LogP contribution in [0.1, 0.15) is 36.5 Å².